The standard InChI is InChI=1S/C10H11F2N3S/c1-5(2)13-10-14-8-4-6(11)3-7(12)9(8)16-15-10/h3-5H,1-2H3,(H2,13,14,15). The molecule has 0 atom stereocenters. The van der Waals surface area contributed by atoms with Crippen LogP contribution < -0.4 is 10.0 Å². The van der Waals surface area contributed by atoms with E-state index in [0.717, 1.165) is 18.0 Å². The van der Waals surface area contributed by atoms with Gasteiger partial charge < -0.3 is 5.32 Å². The zero-order valence-corrected chi connectivity index (χ0v) is 9.66. The molecule has 0 aliphatic carbocycles. The molecule has 2 N–H and O–H groups in total. The van der Waals surface area contributed by atoms with Crippen LogP contribution >= 0.6 is 11.9 Å². The Morgan fingerprint density at radius 2 is 2.06 bits per heavy atom. The van der Waals surface area contributed by atoms with E-state index in [1.807, 2.05) is 13.8 Å². The second-order valence-corrected chi connectivity index (χ2v) is 4.48. The predicted molar refractivity (Wildman–Crippen MR) is 61.5 cm³/mol. The molecule has 0 spiro atoms. The molecule has 0 amide bonds. The number of benzene rings is 1. The molecule has 1 aromatic carbocycles. The van der Waals surface area contributed by atoms with E-state index in [4.69, 9.17) is 0 Å². The largest absolute Gasteiger partial charge is 0.324 e. The third-order valence-electron chi connectivity index (χ3n) is 1.90. The molecule has 0 saturated heterocycles. The van der Waals surface area contributed by atoms with Crippen molar-refractivity contribution in [2.24, 2.45) is 4.99 Å². The van der Waals surface area contributed by atoms with Gasteiger partial charge in [-0.3, -0.25) is 4.72 Å². The van der Waals surface area contributed by atoms with Gasteiger partial charge in [-0.05, 0) is 31.9 Å². The van der Waals surface area contributed by atoms with E-state index in [0.29, 0.717) is 16.5 Å². The molecule has 2 rings (SSSR count). The van der Waals surface area contributed by atoms with Gasteiger partial charge in [0.15, 0.2) is 0 Å². The lowest BCUT2D eigenvalue weighted by atomic mass is 10.3. The van der Waals surface area contributed by atoms with Crippen molar-refractivity contribution in [2.45, 2.75) is 24.8 Å². The first-order chi connectivity index (χ1) is 7.56. The minimum absolute atomic E-state index is 0.107. The van der Waals surface area contributed by atoms with E-state index in [2.05, 4.69) is 15.0 Å². The predicted octanol–water partition coefficient (Wildman–Crippen LogP) is 2.75. The normalized spacial score (nSPS) is 16.9. The fourth-order valence-corrected chi connectivity index (χ4v) is 2.01. The third kappa shape index (κ3) is 2.27. The van der Waals surface area contributed by atoms with E-state index in [9.17, 15) is 8.78 Å². The smallest absolute Gasteiger partial charge is 0.206 e. The maximum absolute atomic E-state index is 13.3. The zero-order chi connectivity index (χ0) is 11.7. The van der Waals surface area contributed by atoms with Gasteiger partial charge in [0, 0.05) is 12.1 Å². The number of nitrogens with one attached hydrogen (secondary N) is 2. The van der Waals surface area contributed by atoms with Crippen LogP contribution in [0.25, 0.3) is 0 Å². The average molecular weight is 243 g/mol. The maximum atomic E-state index is 13.3. The molecule has 0 saturated carbocycles. The van der Waals surface area contributed by atoms with Crippen molar-refractivity contribution >= 4 is 23.6 Å². The van der Waals surface area contributed by atoms with Crippen LogP contribution in [0.15, 0.2) is 22.0 Å². The van der Waals surface area contributed by atoms with Gasteiger partial charge in [-0.25, -0.2) is 13.8 Å². The Morgan fingerprint density at radius 3 is 2.75 bits per heavy atom. The maximum Gasteiger partial charge on any atom is 0.206 e. The number of anilines is 1. The summed E-state index contributed by atoms with van der Waals surface area (Å²) in [6.45, 7) is 3.84. The molecule has 0 bridgehead atoms. The minimum atomic E-state index is -0.602. The Kier molecular flexibility index (Phi) is 3.00. The molecule has 1 aliphatic rings. The SMILES string of the molecule is CC(C)N=C1NSc2c(F)cc(F)cc2N1. The molecule has 86 valence electrons. The Balaban J connectivity index is 2.33. The monoisotopic (exact) mass is 243 g/mol. The first-order valence-corrected chi connectivity index (χ1v) is 5.64. The lowest BCUT2D eigenvalue weighted by molar-refractivity contribution is 0.567. The molecule has 0 aromatic heterocycles. The van der Waals surface area contributed by atoms with Crippen molar-refractivity contribution in [2.75, 3.05) is 5.32 Å². The van der Waals surface area contributed by atoms with Crippen LogP contribution in [-0.2, 0) is 0 Å². The highest BCUT2D eigenvalue weighted by Gasteiger charge is 2.19. The quantitative estimate of drug-likeness (QED) is 0.745. The number of guanidine groups is 1. The van der Waals surface area contributed by atoms with Crippen LogP contribution in [0.1, 0.15) is 13.8 Å². The molecule has 1 aromatic rings. The summed E-state index contributed by atoms with van der Waals surface area (Å²) in [5.74, 6) is -0.670. The molecule has 16 heavy (non-hydrogen) atoms. The van der Waals surface area contributed by atoms with Crippen molar-refractivity contribution in [3.63, 3.8) is 0 Å². The fraction of sp³-hybridized carbons (Fsp3) is 0.300. The minimum Gasteiger partial charge on any atom is -0.324 e. The number of hydrogen-bond acceptors (Lipinski definition) is 2. The van der Waals surface area contributed by atoms with Gasteiger partial charge in [0.2, 0.25) is 5.96 Å². The summed E-state index contributed by atoms with van der Waals surface area (Å²) in [5, 5.41) is 2.85. The topological polar surface area (TPSA) is 36.4 Å². The van der Waals surface area contributed by atoms with Crippen molar-refractivity contribution < 1.29 is 8.78 Å². The van der Waals surface area contributed by atoms with Crippen molar-refractivity contribution in [1.29, 1.82) is 0 Å². The first-order valence-electron chi connectivity index (χ1n) is 4.83. The second kappa shape index (κ2) is 4.29. The molecule has 0 unspecified atom stereocenters. The summed E-state index contributed by atoms with van der Waals surface area (Å²) in [6.07, 6.45) is 0. The van der Waals surface area contributed by atoms with E-state index >= 15 is 0 Å². The summed E-state index contributed by atoms with van der Waals surface area (Å²) in [4.78, 5) is 4.57. The van der Waals surface area contributed by atoms with E-state index in [1.165, 1.54) is 6.07 Å². The van der Waals surface area contributed by atoms with Crippen molar-refractivity contribution in [3.8, 4) is 0 Å². The number of nitrogens with zero attached hydrogens (tertiary/aromatic N) is 1. The number of rotatable bonds is 1. The van der Waals surface area contributed by atoms with Crippen LogP contribution in [-0.4, -0.2) is 12.0 Å². The third-order valence-corrected chi connectivity index (χ3v) is 2.81. The van der Waals surface area contributed by atoms with Crippen LogP contribution in [0.4, 0.5) is 14.5 Å². The molecule has 3 nitrogen and oxygen atoms in total. The van der Waals surface area contributed by atoms with E-state index in [-0.39, 0.29) is 6.04 Å². The zero-order valence-electron chi connectivity index (χ0n) is 8.84. The van der Waals surface area contributed by atoms with Crippen molar-refractivity contribution in [1.82, 2.24) is 4.72 Å². The van der Waals surface area contributed by atoms with Gasteiger partial charge in [-0.1, -0.05) is 0 Å². The van der Waals surface area contributed by atoms with Crippen molar-refractivity contribution in [3.05, 3.63) is 23.8 Å². The number of halogens is 2. The van der Waals surface area contributed by atoms with Gasteiger partial charge in [0.05, 0.1) is 10.6 Å². The van der Waals surface area contributed by atoms with Gasteiger partial charge in [-0.15, -0.1) is 0 Å². The lowest BCUT2D eigenvalue weighted by Crippen LogP contribution is -2.30. The van der Waals surface area contributed by atoms with Crippen LogP contribution in [0.5, 0.6) is 0 Å². The summed E-state index contributed by atoms with van der Waals surface area (Å²) >= 11 is 1.09. The number of aliphatic imine (C=N–C) groups is 1. The fourth-order valence-electron chi connectivity index (χ4n) is 1.33. The molecule has 6 heteroatoms. The highest BCUT2D eigenvalue weighted by atomic mass is 32.2. The number of fused-ring (bicyclic) bond motifs is 1. The molecule has 1 heterocycles. The van der Waals surface area contributed by atoms with Crippen LogP contribution in [0.2, 0.25) is 0 Å². The highest BCUT2D eigenvalue weighted by Crippen LogP contribution is 2.32. The Morgan fingerprint density at radius 1 is 1.31 bits per heavy atom. The summed E-state index contributed by atoms with van der Waals surface area (Å²) in [6, 6.07) is 2.22. The summed E-state index contributed by atoms with van der Waals surface area (Å²) < 4.78 is 29.2. The lowest BCUT2D eigenvalue weighted by Gasteiger charge is -2.21. The molecule has 1 aliphatic heterocycles. The van der Waals surface area contributed by atoms with Gasteiger partial charge in [0.25, 0.3) is 0 Å². The Bertz CT molecular complexity index is 446. The second-order valence-electron chi connectivity index (χ2n) is 3.66. The summed E-state index contributed by atoms with van der Waals surface area (Å²) in [7, 11) is 0. The van der Waals surface area contributed by atoms with Gasteiger partial charge >= 0.3 is 0 Å². The van der Waals surface area contributed by atoms with Gasteiger partial charge in [-0.2, -0.15) is 0 Å². The van der Waals surface area contributed by atoms with Crippen LogP contribution in [0.3, 0.4) is 0 Å². The Labute approximate surface area is 96.5 Å². The Hall–Kier alpha value is -1.30. The number of hydrogen-bond donors (Lipinski definition) is 2. The average Bonchev–Trinajstić information content (AvgIpc) is 2.15. The summed E-state index contributed by atoms with van der Waals surface area (Å²) in [5.41, 5.74) is 0.403. The molecule has 0 radical (unpaired) electrons. The van der Waals surface area contributed by atoms with Gasteiger partial charge in [0.1, 0.15) is 11.6 Å². The first kappa shape index (κ1) is 11.2. The molecular weight excluding hydrogens is 232 g/mol. The highest BCUT2D eigenvalue weighted by molar-refractivity contribution is 7.98. The van der Waals surface area contributed by atoms with Crippen LogP contribution in [0, 0.1) is 11.6 Å². The van der Waals surface area contributed by atoms with E-state index < -0.39 is 11.6 Å². The van der Waals surface area contributed by atoms with E-state index in [1.54, 1.807) is 0 Å². The molecular formula is C10H11F2N3S. The molecule has 0 fully saturated rings.